The highest BCUT2D eigenvalue weighted by Gasteiger charge is 2.24. The highest BCUT2D eigenvalue weighted by molar-refractivity contribution is 6.10. The van der Waals surface area contributed by atoms with Crippen LogP contribution in [0.3, 0.4) is 0 Å². The largest absolute Gasteiger partial charge is 0.494 e. The van der Waals surface area contributed by atoms with E-state index in [0.717, 1.165) is 16.7 Å². The van der Waals surface area contributed by atoms with Gasteiger partial charge in [-0.1, -0.05) is 66.2 Å². The Balaban J connectivity index is 1.40. The third-order valence-corrected chi connectivity index (χ3v) is 6.06. The van der Waals surface area contributed by atoms with Gasteiger partial charge in [0, 0.05) is 16.5 Å². The van der Waals surface area contributed by atoms with Crippen LogP contribution in [0.1, 0.15) is 38.8 Å². The van der Waals surface area contributed by atoms with Crippen LogP contribution in [0.5, 0.6) is 11.5 Å². The molecule has 0 aliphatic rings. The molecular weight excluding hydrogens is 476 g/mol. The number of fused-ring (bicyclic) bond motifs is 1. The average molecular weight is 503 g/mol. The van der Waals surface area contributed by atoms with E-state index in [0.29, 0.717) is 46.0 Å². The molecule has 38 heavy (non-hydrogen) atoms. The molecule has 5 nitrogen and oxygen atoms in total. The molecule has 0 amide bonds. The Kier molecular flexibility index (Phi) is 7.18. The predicted octanol–water partition coefficient (Wildman–Crippen LogP) is 7.92. The summed E-state index contributed by atoms with van der Waals surface area (Å²) < 4.78 is 17.5. The van der Waals surface area contributed by atoms with Gasteiger partial charge in [0.15, 0.2) is 5.78 Å². The molecule has 0 aliphatic carbocycles. The van der Waals surface area contributed by atoms with Crippen LogP contribution in [0.2, 0.25) is 0 Å². The van der Waals surface area contributed by atoms with Gasteiger partial charge < -0.3 is 13.9 Å². The van der Waals surface area contributed by atoms with Gasteiger partial charge in [-0.2, -0.15) is 0 Å². The second-order valence-electron chi connectivity index (χ2n) is 8.79. The van der Waals surface area contributed by atoms with Gasteiger partial charge in [-0.25, -0.2) is 4.79 Å². The van der Waals surface area contributed by atoms with Gasteiger partial charge >= 0.3 is 5.97 Å². The molecule has 188 valence electrons. The quantitative estimate of drug-likeness (QED) is 0.0933. The van der Waals surface area contributed by atoms with Crippen LogP contribution in [0, 0.1) is 6.92 Å². The minimum Gasteiger partial charge on any atom is -0.494 e. The lowest BCUT2D eigenvalue weighted by Crippen LogP contribution is -2.09. The van der Waals surface area contributed by atoms with Crippen molar-refractivity contribution in [3.63, 3.8) is 0 Å². The molecule has 1 heterocycles. The van der Waals surface area contributed by atoms with E-state index in [9.17, 15) is 9.59 Å². The zero-order chi connectivity index (χ0) is 26.5. The Morgan fingerprint density at radius 2 is 1.55 bits per heavy atom. The van der Waals surface area contributed by atoms with E-state index >= 15 is 0 Å². The SMILES string of the molecule is CCOc1ccc2oc(-c3ccccc3)c(C(=O)Oc3ccc(C(=O)/C=C/c4ccc(C)cc4)cc3)c2c1. The predicted molar refractivity (Wildman–Crippen MR) is 149 cm³/mol. The molecule has 0 spiro atoms. The smallest absolute Gasteiger partial charge is 0.348 e. The molecule has 0 unspecified atom stereocenters. The molecule has 4 aromatic carbocycles. The van der Waals surface area contributed by atoms with Crippen LogP contribution in [-0.4, -0.2) is 18.4 Å². The monoisotopic (exact) mass is 502 g/mol. The van der Waals surface area contributed by atoms with Gasteiger partial charge in [0.25, 0.3) is 0 Å². The van der Waals surface area contributed by atoms with Gasteiger partial charge in [0.05, 0.1) is 6.61 Å². The summed E-state index contributed by atoms with van der Waals surface area (Å²) in [4.78, 5) is 26.1. The van der Waals surface area contributed by atoms with Crippen molar-refractivity contribution >= 4 is 28.8 Å². The maximum absolute atomic E-state index is 13.5. The summed E-state index contributed by atoms with van der Waals surface area (Å²) in [6.45, 7) is 4.42. The van der Waals surface area contributed by atoms with Crippen molar-refractivity contribution in [2.45, 2.75) is 13.8 Å². The molecular formula is C33H26O5. The molecule has 0 fully saturated rings. The first-order valence-corrected chi connectivity index (χ1v) is 12.4. The number of ether oxygens (including phenoxy) is 2. The molecule has 0 saturated heterocycles. The molecule has 5 heteroatoms. The van der Waals surface area contributed by atoms with Crippen LogP contribution in [0.4, 0.5) is 0 Å². The number of aryl methyl sites for hydroxylation is 1. The van der Waals surface area contributed by atoms with Gasteiger partial charge in [0.2, 0.25) is 0 Å². The molecule has 1 aromatic heterocycles. The Morgan fingerprint density at radius 3 is 2.26 bits per heavy atom. The minimum absolute atomic E-state index is 0.140. The highest BCUT2D eigenvalue weighted by atomic mass is 16.5. The standard InChI is InChI=1S/C33H26O5/c1-3-36-27-18-20-30-28(21-27)31(32(38-30)25-7-5-4-6-8-25)33(35)37-26-16-14-24(15-17-26)29(34)19-13-23-11-9-22(2)10-12-23/h4-21H,3H2,1-2H3/b19-13+. The summed E-state index contributed by atoms with van der Waals surface area (Å²) in [5.74, 6) is 0.681. The molecule has 0 aliphatic heterocycles. The lowest BCUT2D eigenvalue weighted by molar-refractivity contribution is 0.0737. The number of allylic oxidation sites excluding steroid dienone is 1. The van der Waals surface area contributed by atoms with Crippen LogP contribution >= 0.6 is 0 Å². The Bertz CT molecular complexity index is 1610. The normalized spacial score (nSPS) is 11.1. The molecule has 0 radical (unpaired) electrons. The number of benzene rings is 4. The third kappa shape index (κ3) is 5.42. The zero-order valence-corrected chi connectivity index (χ0v) is 21.1. The summed E-state index contributed by atoms with van der Waals surface area (Å²) in [6, 6.07) is 29.2. The van der Waals surface area contributed by atoms with Crippen LogP contribution in [0.25, 0.3) is 28.4 Å². The van der Waals surface area contributed by atoms with Crippen LogP contribution in [0.15, 0.2) is 108 Å². The van der Waals surface area contributed by atoms with Crippen molar-refractivity contribution in [2.24, 2.45) is 0 Å². The summed E-state index contributed by atoms with van der Waals surface area (Å²) in [5.41, 5.74) is 4.23. The molecule has 5 rings (SSSR count). The van der Waals surface area contributed by atoms with Gasteiger partial charge in [-0.15, -0.1) is 0 Å². The van der Waals surface area contributed by atoms with Crippen molar-refractivity contribution in [3.05, 3.63) is 125 Å². The van der Waals surface area contributed by atoms with E-state index in [1.54, 1.807) is 42.5 Å². The fourth-order valence-electron chi connectivity index (χ4n) is 4.12. The number of hydrogen-bond acceptors (Lipinski definition) is 5. The number of hydrogen-bond donors (Lipinski definition) is 0. The highest BCUT2D eigenvalue weighted by Crippen LogP contribution is 2.36. The number of furan rings is 1. The van der Waals surface area contributed by atoms with Crippen LogP contribution < -0.4 is 9.47 Å². The first kappa shape index (κ1) is 24.8. The van der Waals surface area contributed by atoms with Gasteiger partial charge in [0.1, 0.15) is 28.4 Å². The van der Waals surface area contributed by atoms with E-state index in [-0.39, 0.29) is 5.78 Å². The van der Waals surface area contributed by atoms with Crippen molar-refractivity contribution in [2.75, 3.05) is 6.61 Å². The zero-order valence-electron chi connectivity index (χ0n) is 21.1. The fourth-order valence-corrected chi connectivity index (χ4v) is 4.12. The number of rotatable bonds is 8. The number of esters is 1. The van der Waals surface area contributed by atoms with Crippen molar-refractivity contribution < 1.29 is 23.5 Å². The van der Waals surface area contributed by atoms with Crippen LogP contribution in [-0.2, 0) is 0 Å². The Morgan fingerprint density at radius 1 is 0.842 bits per heavy atom. The first-order chi connectivity index (χ1) is 18.5. The molecule has 0 atom stereocenters. The number of carbonyl (C=O) groups is 2. The maximum Gasteiger partial charge on any atom is 0.348 e. The molecule has 0 N–H and O–H groups in total. The molecule has 5 aromatic rings. The Labute approximate surface area is 220 Å². The number of ketones is 1. The van der Waals surface area contributed by atoms with E-state index in [1.807, 2.05) is 74.5 Å². The fraction of sp³-hybridized carbons (Fsp3) is 0.0909. The van der Waals surface area contributed by atoms with E-state index < -0.39 is 5.97 Å². The summed E-state index contributed by atoms with van der Waals surface area (Å²) in [6.07, 6.45) is 3.31. The topological polar surface area (TPSA) is 65.7 Å². The van der Waals surface area contributed by atoms with Gasteiger partial charge in [-0.05, 0) is 68.0 Å². The van der Waals surface area contributed by atoms with Crippen molar-refractivity contribution in [3.8, 4) is 22.8 Å². The summed E-state index contributed by atoms with van der Waals surface area (Å²) >= 11 is 0. The second kappa shape index (κ2) is 11.0. The first-order valence-electron chi connectivity index (χ1n) is 12.4. The third-order valence-electron chi connectivity index (χ3n) is 6.06. The lowest BCUT2D eigenvalue weighted by atomic mass is 10.1. The van der Waals surface area contributed by atoms with Crippen molar-refractivity contribution in [1.82, 2.24) is 0 Å². The molecule has 0 saturated carbocycles. The molecule has 0 bridgehead atoms. The second-order valence-corrected chi connectivity index (χ2v) is 8.79. The van der Waals surface area contributed by atoms with E-state index in [2.05, 4.69) is 0 Å². The van der Waals surface area contributed by atoms with E-state index in [4.69, 9.17) is 13.9 Å². The lowest BCUT2D eigenvalue weighted by Gasteiger charge is -2.07. The summed E-state index contributed by atoms with van der Waals surface area (Å²) in [7, 11) is 0. The number of carbonyl (C=O) groups excluding carboxylic acids is 2. The van der Waals surface area contributed by atoms with Crippen molar-refractivity contribution in [1.29, 1.82) is 0 Å². The average Bonchev–Trinajstić information content (AvgIpc) is 3.33. The Hall–Kier alpha value is -4.90. The van der Waals surface area contributed by atoms with E-state index in [1.165, 1.54) is 6.08 Å². The van der Waals surface area contributed by atoms with Gasteiger partial charge in [-0.3, -0.25) is 4.79 Å². The summed E-state index contributed by atoms with van der Waals surface area (Å²) in [5, 5.41) is 0.604. The maximum atomic E-state index is 13.5. The minimum atomic E-state index is -0.561.